The van der Waals surface area contributed by atoms with Crippen LogP contribution in [-0.4, -0.2) is 22.8 Å². The molecule has 0 saturated heterocycles. The molecular formula is C11H11ClN2O5. The lowest BCUT2D eigenvalue weighted by Crippen LogP contribution is -2.39. The average Bonchev–Trinajstić information content (AvgIpc) is 2.27. The van der Waals surface area contributed by atoms with Gasteiger partial charge < -0.3 is 10.1 Å². The highest BCUT2D eigenvalue weighted by Crippen LogP contribution is 2.28. The number of nitro groups is 1. The molecule has 19 heavy (non-hydrogen) atoms. The minimum Gasteiger partial charge on any atom is -0.425 e. The van der Waals surface area contributed by atoms with Gasteiger partial charge >= 0.3 is 5.97 Å². The molecule has 0 spiro atoms. The van der Waals surface area contributed by atoms with E-state index < -0.39 is 16.9 Å². The molecule has 1 aromatic carbocycles. The number of carbonyl (C=O) groups excluding carboxylic acids is 2. The van der Waals surface area contributed by atoms with E-state index in [1.165, 1.54) is 19.9 Å². The van der Waals surface area contributed by atoms with Crippen LogP contribution in [0.3, 0.4) is 0 Å². The van der Waals surface area contributed by atoms with Crippen LogP contribution >= 0.6 is 11.6 Å². The smallest absolute Gasteiger partial charge is 0.333 e. The van der Waals surface area contributed by atoms with Crippen LogP contribution in [0.4, 0.5) is 5.69 Å². The van der Waals surface area contributed by atoms with Crippen molar-refractivity contribution in [2.45, 2.75) is 19.9 Å². The van der Waals surface area contributed by atoms with Crippen LogP contribution in [0, 0.1) is 10.1 Å². The van der Waals surface area contributed by atoms with Crippen LogP contribution in [0.15, 0.2) is 18.2 Å². The minimum absolute atomic E-state index is 0.0674. The van der Waals surface area contributed by atoms with Crippen molar-refractivity contribution in [1.29, 1.82) is 0 Å². The Hall–Kier alpha value is -2.15. The summed E-state index contributed by atoms with van der Waals surface area (Å²) >= 11 is 5.67. The number of amides is 1. The number of hydrogen-bond acceptors (Lipinski definition) is 5. The number of nitro benzene ring substituents is 1. The summed E-state index contributed by atoms with van der Waals surface area (Å²) in [5, 5.41) is 12.8. The summed E-state index contributed by atoms with van der Waals surface area (Å²) in [6.45, 7) is 2.73. The molecule has 1 rings (SSSR count). The fourth-order valence-electron chi connectivity index (χ4n) is 1.27. The summed E-state index contributed by atoms with van der Waals surface area (Å²) in [6, 6.07) is 2.72. The highest BCUT2D eigenvalue weighted by molar-refractivity contribution is 6.32. The van der Waals surface area contributed by atoms with E-state index in [4.69, 9.17) is 16.3 Å². The Morgan fingerprint density at radius 2 is 2.11 bits per heavy atom. The molecule has 0 saturated carbocycles. The normalized spacial score (nSPS) is 11.5. The summed E-state index contributed by atoms with van der Waals surface area (Å²) < 4.78 is 4.93. The number of hydrogen-bond donors (Lipinski definition) is 1. The fraction of sp³-hybridized carbons (Fsp3) is 0.273. The zero-order valence-electron chi connectivity index (χ0n) is 10.2. The molecule has 8 heteroatoms. The van der Waals surface area contributed by atoms with Gasteiger partial charge in [0.25, 0.3) is 5.69 Å². The third-order valence-electron chi connectivity index (χ3n) is 2.11. The average molecular weight is 287 g/mol. The van der Waals surface area contributed by atoms with Gasteiger partial charge in [-0.25, -0.2) is 4.79 Å². The fourth-order valence-corrected chi connectivity index (χ4v) is 1.51. The third kappa shape index (κ3) is 4.22. The van der Waals surface area contributed by atoms with Crippen LogP contribution in [0.5, 0.6) is 5.75 Å². The first kappa shape index (κ1) is 14.9. The van der Waals surface area contributed by atoms with Crippen molar-refractivity contribution < 1.29 is 19.2 Å². The summed E-state index contributed by atoms with van der Waals surface area (Å²) in [5.41, 5.74) is -0.281. The number of ether oxygens (including phenoxy) is 1. The number of nitrogens with one attached hydrogen (secondary N) is 1. The maximum atomic E-state index is 11.6. The van der Waals surface area contributed by atoms with Crippen LogP contribution in [0.2, 0.25) is 5.02 Å². The van der Waals surface area contributed by atoms with Crippen LogP contribution in [0.1, 0.15) is 13.8 Å². The van der Waals surface area contributed by atoms with Crippen molar-refractivity contribution in [3.8, 4) is 5.75 Å². The Balaban J connectivity index is 2.78. The Kier molecular flexibility index (Phi) is 4.82. The molecule has 0 aliphatic rings. The topological polar surface area (TPSA) is 98.5 Å². The maximum absolute atomic E-state index is 11.6. The zero-order chi connectivity index (χ0) is 14.6. The van der Waals surface area contributed by atoms with E-state index in [-0.39, 0.29) is 22.4 Å². The highest BCUT2D eigenvalue weighted by atomic mass is 35.5. The first-order valence-corrected chi connectivity index (χ1v) is 5.61. The molecule has 0 aromatic heterocycles. The molecule has 1 unspecified atom stereocenters. The molecule has 0 aliphatic heterocycles. The SMILES string of the molecule is CC(=O)NC(C)C(=O)Oc1ccc([N+](=O)[O-])c(Cl)c1. The van der Waals surface area contributed by atoms with Crippen LogP contribution < -0.4 is 10.1 Å². The van der Waals surface area contributed by atoms with Gasteiger partial charge in [-0.1, -0.05) is 11.6 Å². The molecule has 7 nitrogen and oxygen atoms in total. The maximum Gasteiger partial charge on any atom is 0.333 e. The molecule has 1 atom stereocenters. The molecule has 0 aliphatic carbocycles. The van der Waals surface area contributed by atoms with Crippen LogP contribution in [-0.2, 0) is 9.59 Å². The predicted octanol–water partition coefficient (Wildman–Crippen LogP) is 1.68. The van der Waals surface area contributed by atoms with Gasteiger partial charge in [-0.05, 0) is 13.0 Å². The van der Waals surface area contributed by atoms with E-state index in [2.05, 4.69) is 5.32 Å². The summed E-state index contributed by atoms with van der Waals surface area (Å²) in [6.07, 6.45) is 0. The Bertz CT molecular complexity index is 532. The van der Waals surface area contributed by atoms with Gasteiger partial charge in [-0.2, -0.15) is 0 Å². The summed E-state index contributed by atoms with van der Waals surface area (Å²) in [5.74, 6) is -0.996. The van der Waals surface area contributed by atoms with Gasteiger partial charge in [0.1, 0.15) is 16.8 Å². The summed E-state index contributed by atoms with van der Waals surface area (Å²) in [7, 11) is 0. The molecule has 1 N–H and O–H groups in total. The monoisotopic (exact) mass is 286 g/mol. The second kappa shape index (κ2) is 6.14. The lowest BCUT2D eigenvalue weighted by molar-refractivity contribution is -0.384. The lowest BCUT2D eigenvalue weighted by Gasteiger charge is -2.11. The van der Waals surface area contributed by atoms with Gasteiger partial charge in [-0.15, -0.1) is 0 Å². The van der Waals surface area contributed by atoms with Crippen molar-refractivity contribution in [2.24, 2.45) is 0 Å². The van der Waals surface area contributed by atoms with Crippen molar-refractivity contribution >= 4 is 29.2 Å². The highest BCUT2D eigenvalue weighted by Gasteiger charge is 2.18. The van der Waals surface area contributed by atoms with Gasteiger partial charge in [0.2, 0.25) is 5.91 Å². The largest absolute Gasteiger partial charge is 0.425 e. The van der Waals surface area contributed by atoms with Crippen molar-refractivity contribution in [3.05, 3.63) is 33.3 Å². The van der Waals surface area contributed by atoms with E-state index in [1.807, 2.05) is 0 Å². The third-order valence-corrected chi connectivity index (χ3v) is 2.41. The van der Waals surface area contributed by atoms with Gasteiger partial charge in [0.05, 0.1) is 4.92 Å². The minimum atomic E-state index is -0.827. The number of nitrogens with zero attached hydrogens (tertiary/aromatic N) is 1. The van der Waals surface area contributed by atoms with E-state index in [9.17, 15) is 19.7 Å². The van der Waals surface area contributed by atoms with E-state index >= 15 is 0 Å². The number of halogens is 1. The predicted molar refractivity (Wildman–Crippen MR) is 67.0 cm³/mol. The first-order valence-electron chi connectivity index (χ1n) is 5.24. The molecule has 0 radical (unpaired) electrons. The molecular weight excluding hydrogens is 276 g/mol. The number of esters is 1. The Morgan fingerprint density at radius 3 is 2.58 bits per heavy atom. The van der Waals surface area contributed by atoms with Gasteiger partial charge in [0.15, 0.2) is 0 Å². The van der Waals surface area contributed by atoms with Gasteiger partial charge in [-0.3, -0.25) is 14.9 Å². The van der Waals surface area contributed by atoms with Gasteiger partial charge in [0, 0.05) is 19.1 Å². The first-order chi connectivity index (χ1) is 8.81. The standard InChI is InChI=1S/C11H11ClN2O5/c1-6(13-7(2)15)11(16)19-8-3-4-10(14(17)18)9(12)5-8/h3-6H,1-2H3,(H,13,15). The molecule has 1 aromatic rings. The molecule has 102 valence electrons. The van der Waals surface area contributed by atoms with Crippen molar-refractivity contribution in [2.75, 3.05) is 0 Å². The Labute approximate surface area is 113 Å². The van der Waals surface area contributed by atoms with Crippen LogP contribution in [0.25, 0.3) is 0 Å². The van der Waals surface area contributed by atoms with E-state index in [0.717, 1.165) is 12.1 Å². The number of benzene rings is 1. The number of carbonyl (C=O) groups is 2. The quantitative estimate of drug-likeness (QED) is 0.393. The molecule has 0 bridgehead atoms. The second-order valence-corrected chi connectivity index (χ2v) is 4.12. The van der Waals surface area contributed by atoms with E-state index in [0.29, 0.717) is 0 Å². The summed E-state index contributed by atoms with van der Waals surface area (Å²) in [4.78, 5) is 32.2. The zero-order valence-corrected chi connectivity index (χ0v) is 10.9. The second-order valence-electron chi connectivity index (χ2n) is 3.71. The van der Waals surface area contributed by atoms with Crippen molar-refractivity contribution in [3.63, 3.8) is 0 Å². The molecule has 0 heterocycles. The Morgan fingerprint density at radius 1 is 1.47 bits per heavy atom. The molecule has 0 fully saturated rings. The number of rotatable bonds is 4. The van der Waals surface area contributed by atoms with E-state index in [1.54, 1.807) is 0 Å². The lowest BCUT2D eigenvalue weighted by atomic mass is 10.3. The van der Waals surface area contributed by atoms with Crippen molar-refractivity contribution in [1.82, 2.24) is 5.32 Å². The molecule has 1 amide bonds.